The van der Waals surface area contributed by atoms with E-state index in [-0.39, 0.29) is 22.2 Å². The predicted molar refractivity (Wildman–Crippen MR) is 106 cm³/mol. The van der Waals surface area contributed by atoms with Gasteiger partial charge in [0.25, 0.3) is 10.0 Å². The van der Waals surface area contributed by atoms with Gasteiger partial charge in [-0.2, -0.15) is 10.2 Å². The summed E-state index contributed by atoms with van der Waals surface area (Å²) < 4.78 is 27.4. The standard InChI is InChI=1S/C19H17N5O4S/c1-12-9-13(2)21-19(20-12)24-29(27,28)17-6-3-15(4-7-17)22-23-16-5-8-18(26)14(10-16)11-25/h3-11,26H,1-2H3,(H,20,21,24). The largest absolute Gasteiger partial charge is 0.507 e. The molecular weight excluding hydrogens is 394 g/mol. The molecule has 0 aliphatic rings. The predicted octanol–water partition coefficient (Wildman–Crippen LogP) is 3.83. The Balaban J connectivity index is 1.77. The van der Waals surface area contributed by atoms with E-state index in [1.165, 1.54) is 42.5 Å². The average Bonchev–Trinajstić information content (AvgIpc) is 2.66. The first-order chi connectivity index (χ1) is 13.8. The number of hydrogen-bond donors (Lipinski definition) is 2. The summed E-state index contributed by atoms with van der Waals surface area (Å²) in [5.74, 6) is -0.140. The second-order valence-corrected chi connectivity index (χ2v) is 7.82. The van der Waals surface area contributed by atoms with E-state index in [0.29, 0.717) is 29.0 Å². The van der Waals surface area contributed by atoms with E-state index >= 15 is 0 Å². The lowest BCUT2D eigenvalue weighted by molar-refractivity contribution is 0.112. The van der Waals surface area contributed by atoms with Crippen molar-refractivity contribution in [3.63, 3.8) is 0 Å². The van der Waals surface area contributed by atoms with Crippen LogP contribution in [-0.2, 0) is 10.0 Å². The van der Waals surface area contributed by atoms with Crippen LogP contribution in [0.3, 0.4) is 0 Å². The number of phenolic OH excluding ortho intramolecular Hbond substituents is 1. The van der Waals surface area contributed by atoms with E-state index in [2.05, 4.69) is 24.9 Å². The molecule has 9 nitrogen and oxygen atoms in total. The number of rotatable bonds is 6. The highest BCUT2D eigenvalue weighted by molar-refractivity contribution is 7.92. The number of phenols is 1. The van der Waals surface area contributed by atoms with E-state index < -0.39 is 10.0 Å². The Morgan fingerprint density at radius 3 is 2.14 bits per heavy atom. The maximum Gasteiger partial charge on any atom is 0.264 e. The second-order valence-electron chi connectivity index (χ2n) is 6.13. The van der Waals surface area contributed by atoms with Gasteiger partial charge in [0.1, 0.15) is 5.75 Å². The third-order valence-corrected chi connectivity index (χ3v) is 5.12. The van der Waals surface area contributed by atoms with E-state index in [0.717, 1.165) is 0 Å². The number of nitrogens with one attached hydrogen (secondary N) is 1. The van der Waals surface area contributed by atoms with Gasteiger partial charge in [-0.05, 0) is 62.4 Å². The van der Waals surface area contributed by atoms with Crippen LogP contribution in [0.2, 0.25) is 0 Å². The number of nitrogens with zero attached hydrogens (tertiary/aromatic N) is 4. The molecule has 0 aliphatic heterocycles. The fraction of sp³-hybridized carbons (Fsp3) is 0.105. The summed E-state index contributed by atoms with van der Waals surface area (Å²) in [6.07, 6.45) is 0.514. The Morgan fingerprint density at radius 2 is 1.52 bits per heavy atom. The summed E-state index contributed by atoms with van der Waals surface area (Å²) >= 11 is 0. The Kier molecular flexibility index (Phi) is 5.64. The van der Waals surface area contributed by atoms with Crippen molar-refractivity contribution in [2.45, 2.75) is 18.7 Å². The summed E-state index contributed by atoms with van der Waals surface area (Å²) in [6.45, 7) is 3.50. The molecule has 0 spiro atoms. The molecule has 0 saturated carbocycles. The number of aromatic nitrogens is 2. The summed E-state index contributed by atoms with van der Waals surface area (Å²) in [7, 11) is -3.86. The summed E-state index contributed by atoms with van der Waals surface area (Å²) in [5, 5.41) is 17.5. The van der Waals surface area contributed by atoms with Crippen LogP contribution in [0, 0.1) is 13.8 Å². The number of hydrogen-bond acceptors (Lipinski definition) is 8. The normalized spacial score (nSPS) is 11.5. The molecule has 0 amide bonds. The van der Waals surface area contributed by atoms with Crippen LogP contribution >= 0.6 is 0 Å². The van der Waals surface area contributed by atoms with E-state index in [1.807, 2.05) is 0 Å². The van der Waals surface area contributed by atoms with Gasteiger partial charge in [-0.25, -0.2) is 23.1 Å². The van der Waals surface area contributed by atoms with Crippen LogP contribution in [0.5, 0.6) is 5.75 Å². The van der Waals surface area contributed by atoms with Crippen molar-refractivity contribution in [3.05, 3.63) is 65.5 Å². The molecule has 0 unspecified atom stereocenters. The number of aromatic hydroxyl groups is 1. The molecule has 0 saturated heterocycles. The van der Waals surface area contributed by atoms with Gasteiger partial charge in [-0.3, -0.25) is 4.79 Å². The topological polar surface area (TPSA) is 134 Å². The highest BCUT2D eigenvalue weighted by Gasteiger charge is 2.16. The third-order valence-electron chi connectivity index (χ3n) is 3.77. The number of aldehydes is 1. The van der Waals surface area contributed by atoms with Gasteiger partial charge in [0.15, 0.2) is 6.29 Å². The molecule has 0 aliphatic carbocycles. The Hall–Kier alpha value is -3.66. The zero-order valence-electron chi connectivity index (χ0n) is 15.6. The smallest absolute Gasteiger partial charge is 0.264 e. The van der Waals surface area contributed by atoms with Crippen LogP contribution in [0.15, 0.2) is 63.7 Å². The fourth-order valence-corrected chi connectivity index (χ4v) is 3.40. The second kappa shape index (κ2) is 8.15. The number of sulfonamides is 1. The lowest BCUT2D eigenvalue weighted by atomic mass is 10.2. The van der Waals surface area contributed by atoms with Crippen molar-refractivity contribution in [2.75, 3.05) is 4.72 Å². The molecule has 1 heterocycles. The third kappa shape index (κ3) is 4.99. The van der Waals surface area contributed by atoms with Crippen LogP contribution in [0.25, 0.3) is 0 Å². The van der Waals surface area contributed by atoms with Crippen LogP contribution in [0.4, 0.5) is 17.3 Å². The number of benzene rings is 2. The maximum atomic E-state index is 12.5. The zero-order chi connectivity index (χ0) is 21.0. The lowest BCUT2D eigenvalue weighted by Gasteiger charge is -2.08. The van der Waals surface area contributed by atoms with Crippen LogP contribution in [0.1, 0.15) is 21.7 Å². The van der Waals surface area contributed by atoms with E-state index in [4.69, 9.17) is 0 Å². The monoisotopic (exact) mass is 411 g/mol. The molecule has 0 fully saturated rings. The van der Waals surface area contributed by atoms with E-state index in [9.17, 15) is 18.3 Å². The van der Waals surface area contributed by atoms with Gasteiger partial charge < -0.3 is 5.11 Å². The summed E-state index contributed by atoms with van der Waals surface area (Å²) in [6, 6.07) is 11.7. The van der Waals surface area contributed by atoms with E-state index in [1.54, 1.807) is 19.9 Å². The summed E-state index contributed by atoms with van der Waals surface area (Å²) in [5.41, 5.74) is 2.18. The van der Waals surface area contributed by atoms with Crippen molar-refractivity contribution in [1.82, 2.24) is 9.97 Å². The quantitative estimate of drug-likeness (QED) is 0.468. The molecule has 148 valence electrons. The highest BCUT2D eigenvalue weighted by atomic mass is 32.2. The number of aryl methyl sites for hydroxylation is 2. The number of carbonyl (C=O) groups is 1. The van der Waals surface area contributed by atoms with Gasteiger partial charge in [0.05, 0.1) is 21.8 Å². The average molecular weight is 411 g/mol. The fourth-order valence-electron chi connectivity index (χ4n) is 2.46. The van der Waals surface area contributed by atoms with Crippen molar-refractivity contribution in [1.29, 1.82) is 0 Å². The first-order valence-electron chi connectivity index (χ1n) is 8.42. The first kappa shape index (κ1) is 20.1. The molecule has 29 heavy (non-hydrogen) atoms. The summed E-state index contributed by atoms with van der Waals surface area (Å²) in [4.78, 5) is 19.0. The Labute approximate surface area is 167 Å². The zero-order valence-corrected chi connectivity index (χ0v) is 16.4. The minimum absolute atomic E-state index is 0.00424. The molecule has 3 aromatic rings. The number of carbonyl (C=O) groups excluding carboxylic acids is 1. The van der Waals surface area contributed by atoms with Crippen molar-refractivity contribution in [2.24, 2.45) is 10.2 Å². The molecule has 2 aromatic carbocycles. The highest BCUT2D eigenvalue weighted by Crippen LogP contribution is 2.25. The molecule has 0 atom stereocenters. The van der Waals surface area contributed by atoms with Gasteiger partial charge in [-0.1, -0.05) is 0 Å². The molecule has 10 heteroatoms. The Bertz CT molecular complexity index is 1170. The molecule has 3 rings (SSSR count). The van der Waals surface area contributed by atoms with Gasteiger partial charge in [0.2, 0.25) is 5.95 Å². The van der Waals surface area contributed by atoms with Crippen LogP contribution < -0.4 is 4.72 Å². The molecule has 0 radical (unpaired) electrons. The van der Waals surface area contributed by atoms with Crippen LogP contribution in [-0.4, -0.2) is 29.8 Å². The van der Waals surface area contributed by atoms with Gasteiger partial charge in [-0.15, -0.1) is 0 Å². The van der Waals surface area contributed by atoms with Crippen molar-refractivity contribution in [3.8, 4) is 5.75 Å². The SMILES string of the molecule is Cc1cc(C)nc(NS(=O)(=O)c2ccc(N=Nc3ccc(O)c(C=O)c3)cc2)n1. The molecule has 1 aromatic heterocycles. The minimum Gasteiger partial charge on any atom is -0.507 e. The minimum atomic E-state index is -3.86. The van der Waals surface area contributed by atoms with Gasteiger partial charge in [0, 0.05) is 11.4 Å². The van der Waals surface area contributed by atoms with Gasteiger partial charge >= 0.3 is 0 Å². The number of azo groups is 1. The molecule has 0 bridgehead atoms. The van der Waals surface area contributed by atoms with Crippen molar-refractivity contribution < 1.29 is 18.3 Å². The van der Waals surface area contributed by atoms with Crippen molar-refractivity contribution >= 4 is 33.6 Å². The Morgan fingerprint density at radius 1 is 0.931 bits per heavy atom. The maximum absolute atomic E-state index is 12.5. The number of anilines is 1. The molecular formula is C19H17N5O4S. The lowest BCUT2D eigenvalue weighted by Crippen LogP contribution is -2.15. The first-order valence-corrected chi connectivity index (χ1v) is 9.90. The molecule has 2 N–H and O–H groups in total.